The highest BCUT2D eigenvalue weighted by molar-refractivity contribution is 9.10. The average Bonchev–Trinajstić information content (AvgIpc) is 2.85. The van der Waals surface area contributed by atoms with E-state index in [0.717, 1.165) is 43.4 Å². The number of hydrogen-bond donors (Lipinski definition) is 1. The summed E-state index contributed by atoms with van der Waals surface area (Å²) in [5.41, 5.74) is -0.0960. The van der Waals surface area contributed by atoms with E-state index in [1.54, 1.807) is 6.26 Å². The van der Waals surface area contributed by atoms with Gasteiger partial charge in [0.1, 0.15) is 11.9 Å². The highest BCUT2D eigenvalue weighted by Gasteiger charge is 2.42. The van der Waals surface area contributed by atoms with Gasteiger partial charge in [0, 0.05) is 19.8 Å². The van der Waals surface area contributed by atoms with Gasteiger partial charge in [-0.3, -0.25) is 0 Å². The standard InChI is InChI=1S/C14H19BrO4/c15-11-2-5-18-13(11)12(16)10-1-6-19-14(9-10)3-7-17-8-4-14/h2,5,10,12,16H,1,3-4,6-9H2. The first-order valence-corrected chi connectivity index (χ1v) is 7.62. The summed E-state index contributed by atoms with van der Waals surface area (Å²) in [7, 11) is 0. The van der Waals surface area contributed by atoms with Crippen LogP contribution in [-0.4, -0.2) is 30.5 Å². The third-order valence-corrected chi connectivity index (χ3v) is 4.95. The van der Waals surface area contributed by atoms with E-state index in [1.165, 1.54) is 0 Å². The molecule has 0 radical (unpaired) electrons. The Balaban J connectivity index is 1.72. The van der Waals surface area contributed by atoms with Crippen molar-refractivity contribution in [3.05, 3.63) is 22.6 Å². The largest absolute Gasteiger partial charge is 0.465 e. The highest BCUT2D eigenvalue weighted by Crippen LogP contribution is 2.43. The quantitative estimate of drug-likeness (QED) is 0.905. The highest BCUT2D eigenvalue weighted by atomic mass is 79.9. The van der Waals surface area contributed by atoms with Gasteiger partial charge in [0.25, 0.3) is 0 Å². The Hall–Kier alpha value is -0.360. The summed E-state index contributed by atoms with van der Waals surface area (Å²) in [5, 5.41) is 10.5. The molecule has 0 amide bonds. The molecule has 5 heteroatoms. The summed E-state index contributed by atoms with van der Waals surface area (Å²) < 4.78 is 17.6. The minimum atomic E-state index is -0.562. The van der Waals surface area contributed by atoms with E-state index in [1.807, 2.05) is 6.07 Å². The second kappa shape index (κ2) is 5.56. The zero-order valence-electron chi connectivity index (χ0n) is 10.8. The lowest BCUT2D eigenvalue weighted by Gasteiger charge is -2.44. The van der Waals surface area contributed by atoms with E-state index in [-0.39, 0.29) is 11.5 Å². The van der Waals surface area contributed by atoms with Gasteiger partial charge in [-0.1, -0.05) is 0 Å². The number of aliphatic hydroxyl groups excluding tert-OH is 1. The van der Waals surface area contributed by atoms with Crippen molar-refractivity contribution in [2.24, 2.45) is 5.92 Å². The van der Waals surface area contributed by atoms with E-state index >= 15 is 0 Å². The molecule has 4 nitrogen and oxygen atoms in total. The lowest BCUT2D eigenvalue weighted by Crippen LogP contribution is -2.45. The zero-order chi connectivity index (χ0) is 13.3. The van der Waals surface area contributed by atoms with Gasteiger partial charge in [0.2, 0.25) is 0 Å². The van der Waals surface area contributed by atoms with Crippen molar-refractivity contribution in [1.29, 1.82) is 0 Å². The van der Waals surface area contributed by atoms with E-state index in [2.05, 4.69) is 15.9 Å². The molecule has 0 aromatic carbocycles. The first-order valence-electron chi connectivity index (χ1n) is 6.83. The first-order chi connectivity index (χ1) is 9.20. The van der Waals surface area contributed by atoms with Crippen LogP contribution in [0.1, 0.15) is 37.5 Å². The van der Waals surface area contributed by atoms with Gasteiger partial charge in [0.15, 0.2) is 0 Å². The molecule has 0 bridgehead atoms. The third-order valence-electron chi connectivity index (χ3n) is 4.30. The third kappa shape index (κ3) is 2.75. The number of furan rings is 1. The molecular formula is C14H19BrO4. The molecule has 2 unspecified atom stereocenters. The van der Waals surface area contributed by atoms with Crippen LogP contribution in [-0.2, 0) is 9.47 Å². The molecule has 19 heavy (non-hydrogen) atoms. The van der Waals surface area contributed by atoms with Gasteiger partial charge in [-0.2, -0.15) is 0 Å². The van der Waals surface area contributed by atoms with Gasteiger partial charge < -0.3 is 19.0 Å². The number of aliphatic hydroxyl groups is 1. The summed E-state index contributed by atoms with van der Waals surface area (Å²) in [6, 6.07) is 1.82. The minimum absolute atomic E-state index is 0.0960. The van der Waals surface area contributed by atoms with Crippen LogP contribution in [0.5, 0.6) is 0 Å². The molecule has 1 aromatic heterocycles. The van der Waals surface area contributed by atoms with Crippen molar-refractivity contribution in [3.8, 4) is 0 Å². The molecule has 2 atom stereocenters. The Bertz CT molecular complexity index is 419. The lowest BCUT2D eigenvalue weighted by atomic mass is 9.78. The van der Waals surface area contributed by atoms with Gasteiger partial charge in [-0.15, -0.1) is 0 Å². The monoisotopic (exact) mass is 330 g/mol. The molecule has 2 aliphatic rings. The van der Waals surface area contributed by atoms with Crippen molar-refractivity contribution >= 4 is 15.9 Å². The molecule has 3 heterocycles. The summed E-state index contributed by atoms with van der Waals surface area (Å²) in [6.45, 7) is 2.22. The second-order valence-electron chi connectivity index (χ2n) is 5.47. The Kier molecular flexibility index (Phi) is 3.98. The topological polar surface area (TPSA) is 51.8 Å². The smallest absolute Gasteiger partial charge is 0.146 e. The van der Waals surface area contributed by atoms with Gasteiger partial charge in [-0.05, 0) is 53.6 Å². The average molecular weight is 331 g/mol. The van der Waals surface area contributed by atoms with Crippen LogP contribution in [0.25, 0.3) is 0 Å². The van der Waals surface area contributed by atoms with Crippen molar-refractivity contribution < 1.29 is 19.0 Å². The molecule has 0 aliphatic carbocycles. The summed E-state index contributed by atoms with van der Waals surface area (Å²) in [4.78, 5) is 0. The number of halogens is 1. The van der Waals surface area contributed by atoms with Crippen LogP contribution in [0.15, 0.2) is 21.2 Å². The van der Waals surface area contributed by atoms with Gasteiger partial charge in [-0.25, -0.2) is 0 Å². The Labute approximate surface area is 121 Å². The maximum atomic E-state index is 10.5. The summed E-state index contributed by atoms with van der Waals surface area (Å²) in [6.07, 6.45) is 4.65. The zero-order valence-corrected chi connectivity index (χ0v) is 12.4. The number of ether oxygens (including phenoxy) is 2. The lowest BCUT2D eigenvalue weighted by molar-refractivity contribution is -0.160. The van der Waals surface area contributed by atoms with Crippen LogP contribution in [0, 0.1) is 5.92 Å². The van der Waals surface area contributed by atoms with Gasteiger partial charge in [0.05, 0.1) is 16.3 Å². The van der Waals surface area contributed by atoms with Crippen molar-refractivity contribution in [2.45, 2.75) is 37.4 Å². The Morgan fingerprint density at radius 3 is 2.79 bits per heavy atom. The summed E-state index contributed by atoms with van der Waals surface area (Å²) in [5.74, 6) is 0.823. The van der Waals surface area contributed by atoms with E-state index < -0.39 is 6.10 Å². The summed E-state index contributed by atoms with van der Waals surface area (Å²) >= 11 is 3.42. The molecule has 0 saturated carbocycles. The van der Waals surface area contributed by atoms with Crippen LogP contribution >= 0.6 is 15.9 Å². The van der Waals surface area contributed by atoms with Crippen molar-refractivity contribution in [3.63, 3.8) is 0 Å². The van der Waals surface area contributed by atoms with Gasteiger partial charge >= 0.3 is 0 Å². The second-order valence-corrected chi connectivity index (χ2v) is 6.33. The molecule has 2 saturated heterocycles. The maximum Gasteiger partial charge on any atom is 0.146 e. The van der Waals surface area contributed by atoms with Crippen LogP contribution in [0.3, 0.4) is 0 Å². The molecule has 1 N–H and O–H groups in total. The SMILES string of the molecule is OC(c1occc1Br)C1CCOC2(CCOCC2)C1. The first kappa shape index (κ1) is 13.6. The fourth-order valence-corrected chi connectivity index (χ4v) is 3.59. The Morgan fingerprint density at radius 1 is 1.32 bits per heavy atom. The molecule has 106 valence electrons. The number of rotatable bonds is 2. The molecule has 1 spiro atoms. The fourth-order valence-electron chi connectivity index (χ4n) is 3.16. The van der Waals surface area contributed by atoms with Crippen LogP contribution in [0.4, 0.5) is 0 Å². The maximum absolute atomic E-state index is 10.5. The molecular weight excluding hydrogens is 312 g/mol. The molecule has 1 aromatic rings. The van der Waals surface area contributed by atoms with E-state index in [4.69, 9.17) is 13.9 Å². The predicted octanol–water partition coefficient (Wildman–Crippen LogP) is 3.05. The van der Waals surface area contributed by atoms with Crippen molar-refractivity contribution in [1.82, 2.24) is 0 Å². The normalized spacial score (nSPS) is 28.4. The molecule has 2 fully saturated rings. The molecule has 2 aliphatic heterocycles. The predicted molar refractivity (Wildman–Crippen MR) is 72.8 cm³/mol. The van der Waals surface area contributed by atoms with E-state index in [0.29, 0.717) is 12.4 Å². The van der Waals surface area contributed by atoms with E-state index in [9.17, 15) is 5.11 Å². The van der Waals surface area contributed by atoms with Crippen LogP contribution in [0.2, 0.25) is 0 Å². The van der Waals surface area contributed by atoms with Crippen molar-refractivity contribution in [2.75, 3.05) is 19.8 Å². The van der Waals surface area contributed by atoms with Crippen LogP contribution < -0.4 is 0 Å². The Morgan fingerprint density at radius 2 is 2.11 bits per heavy atom. The fraction of sp³-hybridized carbons (Fsp3) is 0.714. The molecule has 3 rings (SSSR count). The number of hydrogen-bond acceptors (Lipinski definition) is 4. The minimum Gasteiger partial charge on any atom is -0.465 e.